The average Bonchev–Trinajstić information content (AvgIpc) is 1.46. The normalized spacial score (nSPS) is 5.20. The van der Waals surface area contributed by atoms with Gasteiger partial charge in [-0.1, -0.05) is 0 Å². The van der Waals surface area contributed by atoms with Crippen LogP contribution in [0.4, 0.5) is 0 Å². The SMILES string of the molecule is [CH-]=O.[Cl][Pd][Cl]. The maximum atomic E-state index is 7.75. The van der Waals surface area contributed by atoms with Gasteiger partial charge in [0.25, 0.3) is 0 Å². The standard InChI is InChI=1S/CHO.2ClH.Pd/c1-2;;;/h1H;2*1H;/q-1;;;+2/p-2. The summed E-state index contributed by atoms with van der Waals surface area (Å²) in [5, 5.41) is 0. The molecular formula is CHCl2OPd-. The minimum atomic E-state index is -0.106. The number of hydrogen-bond donors (Lipinski definition) is 0. The molecule has 0 amide bonds. The topological polar surface area (TPSA) is 17.1 Å². The zero-order valence-electron chi connectivity index (χ0n) is 2.06. The molecule has 0 spiro atoms. The van der Waals surface area contributed by atoms with Crippen LogP contribution < -0.4 is 0 Å². The van der Waals surface area contributed by atoms with Crippen molar-refractivity contribution in [2.75, 3.05) is 0 Å². The van der Waals surface area contributed by atoms with Crippen molar-refractivity contribution in [3.05, 3.63) is 0 Å². The van der Waals surface area contributed by atoms with Gasteiger partial charge < -0.3 is 4.79 Å². The third kappa shape index (κ3) is 50.1. The zero-order chi connectivity index (χ0) is 4.71. The predicted molar refractivity (Wildman–Crippen MR) is 18.5 cm³/mol. The summed E-state index contributed by atoms with van der Waals surface area (Å²) in [6.45, 7) is 3.25. The van der Waals surface area contributed by atoms with Gasteiger partial charge in [-0.15, -0.1) is 0 Å². The van der Waals surface area contributed by atoms with Gasteiger partial charge in [-0.25, -0.2) is 0 Å². The van der Waals surface area contributed by atoms with Crippen molar-refractivity contribution >= 4 is 25.8 Å². The van der Waals surface area contributed by atoms with Crippen LogP contribution >= 0.6 is 19.1 Å². The molecule has 0 atom stereocenters. The van der Waals surface area contributed by atoms with E-state index in [4.69, 9.17) is 23.9 Å². The van der Waals surface area contributed by atoms with Crippen LogP contribution in [0.3, 0.4) is 0 Å². The third-order valence-electron chi connectivity index (χ3n) is 0. The van der Waals surface area contributed by atoms with E-state index in [0.29, 0.717) is 0 Å². The molecule has 0 heterocycles. The average molecular weight is 206 g/mol. The van der Waals surface area contributed by atoms with Gasteiger partial charge in [-0.3, -0.25) is 6.79 Å². The maximum absolute atomic E-state index is 7.75. The molecule has 5 heavy (non-hydrogen) atoms. The van der Waals surface area contributed by atoms with Gasteiger partial charge in [0.05, 0.1) is 0 Å². The van der Waals surface area contributed by atoms with E-state index in [1.165, 1.54) is 0 Å². The first-order valence-electron chi connectivity index (χ1n) is 0.475. The summed E-state index contributed by atoms with van der Waals surface area (Å²) in [6, 6.07) is 0. The fraction of sp³-hybridized carbons (Fsp3) is 0. The van der Waals surface area contributed by atoms with Crippen molar-refractivity contribution in [2.24, 2.45) is 0 Å². The zero-order valence-corrected chi connectivity index (χ0v) is 5.12. The molecule has 0 radical (unpaired) electrons. The van der Waals surface area contributed by atoms with E-state index in [-0.39, 0.29) is 15.9 Å². The number of carbonyl (C=O) groups excluding carboxylic acids is 1. The molecule has 0 saturated heterocycles. The second-order valence-electron chi connectivity index (χ2n) is 0.0452. The monoisotopic (exact) mass is 205 g/mol. The second kappa shape index (κ2) is 20.6. The van der Waals surface area contributed by atoms with Gasteiger partial charge in [0, 0.05) is 0 Å². The first kappa shape index (κ1) is 9.32. The van der Waals surface area contributed by atoms with Crippen molar-refractivity contribution < 1.29 is 20.7 Å². The van der Waals surface area contributed by atoms with Crippen LogP contribution in [0.25, 0.3) is 0 Å². The molecule has 0 aliphatic heterocycles. The van der Waals surface area contributed by atoms with E-state index < -0.39 is 0 Å². The van der Waals surface area contributed by atoms with Crippen LogP contribution in [-0.2, 0) is 20.7 Å². The van der Waals surface area contributed by atoms with Gasteiger partial charge in [-0.2, -0.15) is 0 Å². The third-order valence-corrected chi connectivity index (χ3v) is 0. The van der Waals surface area contributed by atoms with Gasteiger partial charge in [-0.05, 0) is 0 Å². The quantitative estimate of drug-likeness (QED) is 0.329. The second-order valence-corrected chi connectivity index (χ2v) is 2.41. The summed E-state index contributed by atoms with van der Waals surface area (Å²) in [5.41, 5.74) is 0. The van der Waals surface area contributed by atoms with E-state index in [2.05, 4.69) is 6.79 Å². The first-order chi connectivity index (χ1) is 2.41. The molecule has 0 aromatic rings. The molecule has 0 aliphatic rings. The Kier molecular flexibility index (Phi) is 38.3. The Balaban J connectivity index is 0. The van der Waals surface area contributed by atoms with Gasteiger partial charge in [0.1, 0.15) is 0 Å². The van der Waals surface area contributed by atoms with Crippen molar-refractivity contribution in [3.63, 3.8) is 0 Å². The number of hydrogen-bond acceptors (Lipinski definition) is 1. The fourth-order valence-corrected chi connectivity index (χ4v) is 0. The minimum absolute atomic E-state index is 0.106. The molecule has 0 N–H and O–H groups in total. The van der Waals surface area contributed by atoms with Crippen LogP contribution in [0.1, 0.15) is 0 Å². The molecular weight excluding hydrogens is 205 g/mol. The molecule has 0 unspecified atom stereocenters. The molecule has 1 nitrogen and oxygen atoms in total. The number of rotatable bonds is 0. The number of halogens is 2. The summed E-state index contributed by atoms with van der Waals surface area (Å²) in [6.07, 6.45) is 0. The van der Waals surface area contributed by atoms with E-state index in [1.807, 2.05) is 0 Å². The van der Waals surface area contributed by atoms with Gasteiger partial charge >= 0.3 is 35.0 Å². The Morgan fingerprint density at radius 3 is 1.40 bits per heavy atom. The molecule has 0 rings (SSSR count). The summed E-state index contributed by atoms with van der Waals surface area (Å²) >= 11 is -0.106. The summed E-state index contributed by atoms with van der Waals surface area (Å²) in [7, 11) is 9.63. The molecule has 0 fully saturated rings. The predicted octanol–water partition coefficient (Wildman–Crippen LogP) is 1.10. The van der Waals surface area contributed by atoms with Gasteiger partial charge in [0.2, 0.25) is 0 Å². The molecule has 0 aliphatic carbocycles. The van der Waals surface area contributed by atoms with Crippen molar-refractivity contribution in [2.45, 2.75) is 0 Å². The van der Waals surface area contributed by atoms with Crippen molar-refractivity contribution in [1.29, 1.82) is 0 Å². The van der Waals surface area contributed by atoms with Crippen LogP contribution in [0.5, 0.6) is 0 Å². The fourth-order valence-electron chi connectivity index (χ4n) is 0. The van der Waals surface area contributed by atoms with Crippen LogP contribution in [0, 0.1) is 0 Å². The van der Waals surface area contributed by atoms with Crippen LogP contribution in [-0.4, -0.2) is 6.79 Å². The Hall–Kier alpha value is 0.912. The molecule has 0 aromatic carbocycles. The van der Waals surface area contributed by atoms with Crippen molar-refractivity contribution in [3.8, 4) is 0 Å². The van der Waals surface area contributed by atoms with Crippen LogP contribution in [0.2, 0.25) is 0 Å². The molecule has 0 aromatic heterocycles. The summed E-state index contributed by atoms with van der Waals surface area (Å²) in [4.78, 5) is 7.75. The molecule has 0 saturated carbocycles. The first-order valence-corrected chi connectivity index (χ1v) is 4.48. The Labute approximate surface area is 46.7 Å². The summed E-state index contributed by atoms with van der Waals surface area (Å²) < 4.78 is 0. The Morgan fingerprint density at radius 1 is 1.40 bits per heavy atom. The molecule has 0 bridgehead atoms. The van der Waals surface area contributed by atoms with Crippen LogP contribution in [0.15, 0.2) is 0 Å². The Morgan fingerprint density at radius 2 is 1.40 bits per heavy atom. The van der Waals surface area contributed by atoms with E-state index in [1.54, 1.807) is 0 Å². The van der Waals surface area contributed by atoms with E-state index >= 15 is 0 Å². The van der Waals surface area contributed by atoms with E-state index in [0.717, 1.165) is 0 Å². The van der Waals surface area contributed by atoms with Crippen molar-refractivity contribution in [1.82, 2.24) is 0 Å². The Bertz CT molecular complexity index is 13.6. The molecule has 36 valence electrons. The summed E-state index contributed by atoms with van der Waals surface area (Å²) in [5.74, 6) is 0. The molecule has 4 heteroatoms. The van der Waals surface area contributed by atoms with Gasteiger partial charge in [0.15, 0.2) is 0 Å². The van der Waals surface area contributed by atoms with E-state index in [9.17, 15) is 0 Å².